The summed E-state index contributed by atoms with van der Waals surface area (Å²) in [6.07, 6.45) is 0.435. The Labute approximate surface area is 119 Å². The average Bonchev–Trinajstić information content (AvgIpc) is 2.39. The lowest BCUT2D eigenvalue weighted by molar-refractivity contribution is -0.384. The third kappa shape index (κ3) is 4.88. The Morgan fingerprint density at radius 1 is 1.40 bits per heavy atom. The number of amides is 1. The number of carbonyl (C=O) groups excluding carboxylic acids is 1. The molecule has 0 aliphatic heterocycles. The number of benzene rings is 1. The van der Waals surface area contributed by atoms with Crippen LogP contribution in [0.3, 0.4) is 0 Å². The first kappa shape index (κ1) is 16.0. The van der Waals surface area contributed by atoms with E-state index in [1.165, 1.54) is 24.3 Å². The van der Waals surface area contributed by atoms with Crippen molar-refractivity contribution in [2.24, 2.45) is 0 Å². The highest BCUT2D eigenvalue weighted by molar-refractivity contribution is 8.01. The first-order chi connectivity index (χ1) is 9.43. The van der Waals surface area contributed by atoms with Gasteiger partial charge in [0.1, 0.15) is 5.25 Å². The van der Waals surface area contributed by atoms with E-state index in [-0.39, 0.29) is 17.3 Å². The summed E-state index contributed by atoms with van der Waals surface area (Å²) < 4.78 is 0. The largest absolute Gasteiger partial charge is 0.480 e. The van der Waals surface area contributed by atoms with Crippen molar-refractivity contribution in [1.82, 2.24) is 0 Å². The molecule has 0 spiro atoms. The highest BCUT2D eigenvalue weighted by Crippen LogP contribution is 2.17. The molecule has 0 saturated heterocycles. The zero-order chi connectivity index (χ0) is 15.1. The number of carbonyl (C=O) groups is 2. The van der Waals surface area contributed by atoms with E-state index in [2.05, 4.69) is 5.32 Å². The van der Waals surface area contributed by atoms with Crippen LogP contribution in [0.25, 0.3) is 0 Å². The van der Waals surface area contributed by atoms with Gasteiger partial charge in [-0.2, -0.15) is 0 Å². The predicted molar refractivity (Wildman–Crippen MR) is 75.9 cm³/mol. The fraction of sp³-hybridized carbons (Fsp3) is 0.333. The van der Waals surface area contributed by atoms with Gasteiger partial charge in [-0.3, -0.25) is 19.7 Å². The number of aliphatic carboxylic acids is 1. The van der Waals surface area contributed by atoms with Gasteiger partial charge >= 0.3 is 5.97 Å². The average molecular weight is 298 g/mol. The summed E-state index contributed by atoms with van der Waals surface area (Å²) in [5.74, 6) is -1.27. The van der Waals surface area contributed by atoms with Crippen molar-refractivity contribution in [3.8, 4) is 0 Å². The van der Waals surface area contributed by atoms with Crippen molar-refractivity contribution in [3.63, 3.8) is 0 Å². The maximum absolute atomic E-state index is 11.6. The highest BCUT2D eigenvalue weighted by Gasteiger charge is 2.17. The number of nitro benzene ring substituents is 1. The van der Waals surface area contributed by atoms with Crippen molar-refractivity contribution < 1.29 is 19.6 Å². The summed E-state index contributed by atoms with van der Waals surface area (Å²) in [7, 11) is 0. The molecule has 0 radical (unpaired) electrons. The molecule has 7 nitrogen and oxygen atoms in total. The number of nitrogens with zero attached hydrogens (tertiary/aromatic N) is 1. The molecule has 2 N–H and O–H groups in total. The van der Waals surface area contributed by atoms with Crippen molar-refractivity contribution in [3.05, 3.63) is 34.4 Å². The molecule has 0 fully saturated rings. The number of anilines is 1. The Balaban J connectivity index is 2.50. The Kier molecular flexibility index (Phi) is 5.98. The number of non-ortho nitro benzene ring substituents is 1. The van der Waals surface area contributed by atoms with Gasteiger partial charge in [0.15, 0.2) is 0 Å². The molecule has 0 aliphatic carbocycles. The van der Waals surface area contributed by atoms with Gasteiger partial charge in [-0.05, 0) is 18.6 Å². The molecule has 1 rings (SSSR count). The van der Waals surface area contributed by atoms with E-state index in [0.29, 0.717) is 12.1 Å². The number of hydrogen-bond acceptors (Lipinski definition) is 5. The van der Waals surface area contributed by atoms with Crippen molar-refractivity contribution in [2.75, 3.05) is 11.1 Å². The summed E-state index contributed by atoms with van der Waals surface area (Å²) in [6, 6.07) is 5.42. The van der Waals surface area contributed by atoms with Crippen LogP contribution in [0.2, 0.25) is 0 Å². The molecule has 0 saturated carbocycles. The van der Waals surface area contributed by atoms with Crippen LogP contribution in [0, 0.1) is 10.1 Å². The molecule has 0 heterocycles. The molecule has 1 aromatic rings. The van der Waals surface area contributed by atoms with E-state index in [0.717, 1.165) is 11.8 Å². The van der Waals surface area contributed by atoms with E-state index in [4.69, 9.17) is 5.11 Å². The van der Waals surface area contributed by atoms with Crippen molar-refractivity contribution in [1.29, 1.82) is 0 Å². The molecule has 0 bridgehead atoms. The summed E-state index contributed by atoms with van der Waals surface area (Å²) in [6.45, 7) is 1.74. The minimum Gasteiger partial charge on any atom is -0.480 e. The molecule has 1 aromatic carbocycles. The number of carboxylic acids is 1. The van der Waals surface area contributed by atoms with Crippen LogP contribution in [0.4, 0.5) is 11.4 Å². The summed E-state index contributed by atoms with van der Waals surface area (Å²) in [5.41, 5.74) is 0.374. The standard InChI is InChI=1S/C12H14N2O5S/c1-2-10(12(16)17)20-7-11(15)13-8-3-5-9(6-4-8)14(18)19/h3-6,10H,2,7H2,1H3,(H,13,15)(H,16,17). The second-order valence-electron chi connectivity index (χ2n) is 3.90. The van der Waals surface area contributed by atoms with Gasteiger partial charge in [0.25, 0.3) is 5.69 Å². The zero-order valence-corrected chi connectivity index (χ0v) is 11.6. The molecular weight excluding hydrogens is 284 g/mol. The van der Waals surface area contributed by atoms with Gasteiger partial charge in [-0.15, -0.1) is 11.8 Å². The van der Waals surface area contributed by atoms with Crippen LogP contribution in [-0.4, -0.2) is 32.9 Å². The van der Waals surface area contributed by atoms with E-state index in [9.17, 15) is 19.7 Å². The number of rotatable bonds is 7. The first-order valence-electron chi connectivity index (χ1n) is 5.82. The van der Waals surface area contributed by atoms with Gasteiger partial charge in [0.2, 0.25) is 5.91 Å². The van der Waals surface area contributed by atoms with Crippen LogP contribution in [0.1, 0.15) is 13.3 Å². The maximum atomic E-state index is 11.6. The minimum atomic E-state index is -0.944. The Morgan fingerprint density at radius 2 is 2.00 bits per heavy atom. The smallest absolute Gasteiger partial charge is 0.316 e. The van der Waals surface area contributed by atoms with Crippen LogP contribution < -0.4 is 5.32 Å². The van der Waals surface area contributed by atoms with Crippen molar-refractivity contribution >= 4 is 35.0 Å². The quantitative estimate of drug-likeness (QED) is 0.589. The Morgan fingerprint density at radius 3 is 2.45 bits per heavy atom. The van der Waals surface area contributed by atoms with E-state index in [1.54, 1.807) is 6.92 Å². The minimum absolute atomic E-state index is 0.0157. The van der Waals surface area contributed by atoms with Gasteiger partial charge < -0.3 is 10.4 Å². The SMILES string of the molecule is CCC(SCC(=O)Nc1ccc([N+](=O)[O-])cc1)C(=O)O. The Hall–Kier alpha value is -2.09. The number of nitrogens with one attached hydrogen (secondary N) is 1. The first-order valence-corrected chi connectivity index (χ1v) is 6.87. The van der Waals surface area contributed by atoms with Gasteiger partial charge in [-0.1, -0.05) is 6.92 Å². The number of thioether (sulfide) groups is 1. The lowest BCUT2D eigenvalue weighted by Crippen LogP contribution is -2.20. The molecular formula is C12H14N2O5S. The van der Waals surface area contributed by atoms with E-state index < -0.39 is 16.1 Å². The van der Waals surface area contributed by atoms with Crippen LogP contribution >= 0.6 is 11.8 Å². The summed E-state index contributed by atoms with van der Waals surface area (Å²) >= 11 is 1.05. The molecule has 0 aromatic heterocycles. The fourth-order valence-electron chi connectivity index (χ4n) is 1.40. The summed E-state index contributed by atoms with van der Waals surface area (Å²) in [4.78, 5) is 32.3. The Bertz CT molecular complexity index is 503. The van der Waals surface area contributed by atoms with Gasteiger partial charge in [0.05, 0.1) is 10.7 Å². The van der Waals surface area contributed by atoms with Crippen LogP contribution in [0.15, 0.2) is 24.3 Å². The molecule has 1 atom stereocenters. The van der Waals surface area contributed by atoms with Crippen LogP contribution in [-0.2, 0) is 9.59 Å². The number of nitro groups is 1. The van der Waals surface area contributed by atoms with Crippen molar-refractivity contribution in [2.45, 2.75) is 18.6 Å². The fourth-order valence-corrected chi connectivity index (χ4v) is 2.21. The number of hydrogen-bond donors (Lipinski definition) is 2. The zero-order valence-electron chi connectivity index (χ0n) is 10.7. The molecule has 108 valence electrons. The number of carboxylic acid groups (broad SMARTS) is 1. The lowest BCUT2D eigenvalue weighted by atomic mass is 10.3. The van der Waals surface area contributed by atoms with E-state index >= 15 is 0 Å². The maximum Gasteiger partial charge on any atom is 0.316 e. The predicted octanol–water partition coefficient (Wildman–Crippen LogP) is 2.13. The second-order valence-corrected chi connectivity index (χ2v) is 5.09. The monoisotopic (exact) mass is 298 g/mol. The van der Waals surface area contributed by atoms with E-state index in [1.807, 2.05) is 0 Å². The van der Waals surface area contributed by atoms with Crippen LogP contribution in [0.5, 0.6) is 0 Å². The van der Waals surface area contributed by atoms with Gasteiger partial charge in [-0.25, -0.2) is 0 Å². The summed E-state index contributed by atoms with van der Waals surface area (Å²) in [5, 5.41) is 21.2. The molecule has 0 aliphatic rings. The topological polar surface area (TPSA) is 110 Å². The molecule has 8 heteroatoms. The molecule has 1 amide bonds. The normalized spacial score (nSPS) is 11.7. The molecule has 1 unspecified atom stereocenters. The lowest BCUT2D eigenvalue weighted by Gasteiger charge is -2.09. The third-order valence-electron chi connectivity index (χ3n) is 2.42. The third-order valence-corrected chi connectivity index (χ3v) is 3.79. The van der Waals surface area contributed by atoms with Gasteiger partial charge in [0, 0.05) is 17.8 Å². The molecule has 20 heavy (non-hydrogen) atoms. The second kappa shape index (κ2) is 7.49. The highest BCUT2D eigenvalue weighted by atomic mass is 32.2.